The molecule has 2 fully saturated rings. The maximum atomic E-state index is 12.3. The lowest BCUT2D eigenvalue weighted by atomic mass is 10.2. The molecule has 0 spiro atoms. The molecule has 2 aliphatic heterocycles. The van der Waals surface area contributed by atoms with E-state index in [0.717, 1.165) is 30.7 Å². The predicted molar refractivity (Wildman–Crippen MR) is 84.3 cm³/mol. The largest absolute Gasteiger partial charge is 0.338 e. The van der Waals surface area contributed by atoms with Gasteiger partial charge in [-0.1, -0.05) is 0 Å². The van der Waals surface area contributed by atoms with E-state index in [1.165, 1.54) is 4.90 Å². The van der Waals surface area contributed by atoms with Crippen molar-refractivity contribution in [3.05, 3.63) is 16.9 Å². The first kappa shape index (κ1) is 15.4. The molecule has 0 N–H and O–H groups in total. The zero-order valence-corrected chi connectivity index (χ0v) is 14.0. The molecule has 22 heavy (non-hydrogen) atoms. The normalized spacial score (nSPS) is 23.5. The van der Waals surface area contributed by atoms with E-state index in [1.54, 1.807) is 12.4 Å². The van der Waals surface area contributed by atoms with Crippen molar-refractivity contribution >= 4 is 33.7 Å². The summed E-state index contributed by atoms with van der Waals surface area (Å²) >= 11 is 3.32. The molecule has 1 aromatic rings. The van der Waals surface area contributed by atoms with Crippen LogP contribution in [0.15, 0.2) is 16.9 Å². The summed E-state index contributed by atoms with van der Waals surface area (Å²) in [6, 6.07) is -0.291. The Morgan fingerprint density at radius 1 is 1.18 bits per heavy atom. The first-order valence-corrected chi connectivity index (χ1v) is 8.20. The highest BCUT2D eigenvalue weighted by atomic mass is 79.9. The number of rotatable bonds is 3. The van der Waals surface area contributed by atoms with Crippen LogP contribution in [0.4, 0.5) is 5.95 Å². The summed E-state index contributed by atoms with van der Waals surface area (Å²) in [5.41, 5.74) is 0. The van der Waals surface area contributed by atoms with E-state index in [0.29, 0.717) is 18.9 Å². The number of piperazine rings is 1. The molecule has 1 atom stereocenters. The molecule has 0 radical (unpaired) electrons. The molecule has 8 heteroatoms. The number of carbonyl (C=O) groups is 2. The minimum atomic E-state index is -0.291. The lowest BCUT2D eigenvalue weighted by Gasteiger charge is -2.36. The number of anilines is 1. The second kappa shape index (κ2) is 6.29. The van der Waals surface area contributed by atoms with E-state index in [-0.39, 0.29) is 17.9 Å². The number of aromatic nitrogens is 2. The van der Waals surface area contributed by atoms with Crippen molar-refractivity contribution in [2.45, 2.75) is 19.4 Å². The smallest absolute Gasteiger partial charge is 0.247 e. The fourth-order valence-corrected chi connectivity index (χ4v) is 3.19. The van der Waals surface area contributed by atoms with E-state index in [1.807, 2.05) is 6.92 Å². The molecule has 0 unspecified atom stereocenters. The highest BCUT2D eigenvalue weighted by Crippen LogP contribution is 2.21. The van der Waals surface area contributed by atoms with Gasteiger partial charge in [-0.25, -0.2) is 9.97 Å². The van der Waals surface area contributed by atoms with Gasteiger partial charge in [0.2, 0.25) is 17.8 Å². The number of carbonyl (C=O) groups excluding carboxylic acids is 2. The van der Waals surface area contributed by atoms with Crippen LogP contribution in [0.1, 0.15) is 13.3 Å². The van der Waals surface area contributed by atoms with Crippen molar-refractivity contribution < 1.29 is 9.59 Å². The molecule has 3 rings (SSSR count). The number of imide groups is 1. The molecule has 1 aromatic heterocycles. The van der Waals surface area contributed by atoms with Crippen LogP contribution in [0.25, 0.3) is 0 Å². The van der Waals surface area contributed by atoms with Crippen molar-refractivity contribution in [3.63, 3.8) is 0 Å². The summed E-state index contributed by atoms with van der Waals surface area (Å²) in [6.45, 7) is 5.28. The maximum absolute atomic E-state index is 12.3. The highest BCUT2D eigenvalue weighted by molar-refractivity contribution is 9.10. The molecule has 0 aromatic carbocycles. The minimum absolute atomic E-state index is 0.0548. The molecule has 118 valence electrons. The third-order valence-corrected chi connectivity index (χ3v) is 4.59. The molecule has 7 nitrogen and oxygen atoms in total. The van der Waals surface area contributed by atoms with Crippen molar-refractivity contribution in [1.82, 2.24) is 19.8 Å². The lowest BCUT2D eigenvalue weighted by molar-refractivity contribution is -0.139. The van der Waals surface area contributed by atoms with E-state index >= 15 is 0 Å². The number of likely N-dealkylation sites (N-methyl/N-ethyl adjacent to an activating group) is 1. The molecule has 2 amide bonds. The Morgan fingerprint density at radius 2 is 1.82 bits per heavy atom. The summed E-state index contributed by atoms with van der Waals surface area (Å²) in [7, 11) is 0. The van der Waals surface area contributed by atoms with Gasteiger partial charge in [0.15, 0.2) is 0 Å². The number of hydrogen-bond donors (Lipinski definition) is 0. The van der Waals surface area contributed by atoms with Crippen molar-refractivity contribution in [3.8, 4) is 0 Å². The summed E-state index contributed by atoms with van der Waals surface area (Å²) < 4.78 is 0.851. The monoisotopic (exact) mass is 367 g/mol. The minimum Gasteiger partial charge on any atom is -0.338 e. The molecule has 3 heterocycles. The Labute approximate surface area is 137 Å². The van der Waals surface area contributed by atoms with Crippen molar-refractivity contribution in [1.29, 1.82) is 0 Å². The second-order valence-electron chi connectivity index (χ2n) is 5.42. The average Bonchev–Trinajstić information content (AvgIpc) is 2.82. The van der Waals surface area contributed by atoms with Gasteiger partial charge >= 0.3 is 0 Å². The van der Waals surface area contributed by atoms with Crippen LogP contribution in [0, 0.1) is 0 Å². The van der Waals surface area contributed by atoms with Gasteiger partial charge in [-0.3, -0.25) is 19.4 Å². The van der Waals surface area contributed by atoms with Crippen molar-refractivity contribution in [2.24, 2.45) is 0 Å². The summed E-state index contributed by atoms with van der Waals surface area (Å²) in [4.78, 5) is 38.2. The number of halogens is 1. The molecule has 2 saturated heterocycles. The average molecular weight is 368 g/mol. The standard InChI is InChI=1S/C14H18BrN5O2/c1-2-20-12(21)7-11(13(20)22)18-3-5-19(6-4-18)14-16-8-10(15)9-17-14/h8-9,11H,2-7H2,1H3/t11-/m1/s1. The van der Waals surface area contributed by atoms with E-state index in [4.69, 9.17) is 0 Å². The molecular weight excluding hydrogens is 350 g/mol. The van der Waals surface area contributed by atoms with Gasteiger partial charge in [0.25, 0.3) is 0 Å². The van der Waals surface area contributed by atoms with Crippen molar-refractivity contribution in [2.75, 3.05) is 37.6 Å². The number of likely N-dealkylation sites (tertiary alicyclic amines) is 1. The Bertz CT molecular complexity index is 571. The Hall–Kier alpha value is -1.54. The summed E-state index contributed by atoms with van der Waals surface area (Å²) in [5, 5.41) is 0. The van der Waals surface area contributed by atoms with Crippen LogP contribution >= 0.6 is 15.9 Å². The fourth-order valence-electron chi connectivity index (χ4n) is 2.99. The van der Waals surface area contributed by atoms with E-state index in [9.17, 15) is 9.59 Å². The summed E-state index contributed by atoms with van der Waals surface area (Å²) in [6.07, 6.45) is 3.77. The predicted octanol–water partition coefficient (Wildman–Crippen LogP) is 0.508. The molecular formula is C14H18BrN5O2. The topological polar surface area (TPSA) is 69.6 Å². The Balaban J connectivity index is 1.61. The maximum Gasteiger partial charge on any atom is 0.247 e. The zero-order valence-electron chi connectivity index (χ0n) is 12.4. The molecule has 0 aliphatic carbocycles. The quantitative estimate of drug-likeness (QED) is 0.725. The van der Waals surface area contributed by atoms with Crippen LogP contribution in [0.2, 0.25) is 0 Å². The first-order valence-electron chi connectivity index (χ1n) is 7.41. The van der Waals surface area contributed by atoms with Crippen LogP contribution in [-0.4, -0.2) is 70.3 Å². The van der Waals surface area contributed by atoms with Gasteiger partial charge < -0.3 is 4.90 Å². The number of hydrogen-bond acceptors (Lipinski definition) is 6. The van der Waals surface area contributed by atoms with E-state index < -0.39 is 0 Å². The number of nitrogens with zero attached hydrogens (tertiary/aromatic N) is 5. The van der Waals surface area contributed by atoms with Gasteiger partial charge in [0.05, 0.1) is 16.9 Å². The molecule has 0 bridgehead atoms. The third kappa shape index (κ3) is 2.85. The molecule has 2 aliphatic rings. The number of amides is 2. The molecule has 0 saturated carbocycles. The zero-order chi connectivity index (χ0) is 15.7. The van der Waals surface area contributed by atoms with Crippen LogP contribution in [0.5, 0.6) is 0 Å². The summed E-state index contributed by atoms with van der Waals surface area (Å²) in [5.74, 6) is 0.587. The van der Waals surface area contributed by atoms with Gasteiger partial charge in [0, 0.05) is 45.1 Å². The Morgan fingerprint density at radius 3 is 2.36 bits per heavy atom. The van der Waals surface area contributed by atoms with Crippen LogP contribution in [0.3, 0.4) is 0 Å². The third-order valence-electron chi connectivity index (χ3n) is 4.18. The second-order valence-corrected chi connectivity index (χ2v) is 6.34. The highest BCUT2D eigenvalue weighted by Gasteiger charge is 2.41. The van der Waals surface area contributed by atoms with Gasteiger partial charge in [-0.15, -0.1) is 0 Å². The van der Waals surface area contributed by atoms with Gasteiger partial charge in [-0.2, -0.15) is 0 Å². The SMILES string of the molecule is CCN1C(=O)C[C@@H](N2CCN(c3ncc(Br)cn3)CC2)C1=O. The Kier molecular flexibility index (Phi) is 4.39. The van der Waals surface area contributed by atoms with Gasteiger partial charge in [-0.05, 0) is 22.9 Å². The van der Waals surface area contributed by atoms with E-state index in [2.05, 4.69) is 35.7 Å². The van der Waals surface area contributed by atoms with Crippen LogP contribution < -0.4 is 4.90 Å². The first-order chi connectivity index (χ1) is 10.6. The van der Waals surface area contributed by atoms with Crippen LogP contribution in [-0.2, 0) is 9.59 Å². The fraction of sp³-hybridized carbons (Fsp3) is 0.571. The lowest BCUT2D eigenvalue weighted by Crippen LogP contribution is -2.53. The van der Waals surface area contributed by atoms with Gasteiger partial charge in [0.1, 0.15) is 0 Å².